The van der Waals surface area contributed by atoms with E-state index in [0.717, 1.165) is 10.4 Å². The van der Waals surface area contributed by atoms with Crippen LogP contribution in [0.4, 0.5) is 0 Å². The Kier molecular flexibility index (Phi) is 4.38. The third-order valence-electron chi connectivity index (χ3n) is 4.74. The van der Waals surface area contributed by atoms with Gasteiger partial charge >= 0.3 is 0 Å². The monoisotopic (exact) mass is 381 g/mol. The first-order chi connectivity index (χ1) is 13.1. The molecule has 3 heterocycles. The first kappa shape index (κ1) is 17.2. The zero-order valence-electron chi connectivity index (χ0n) is 14.2. The number of rotatable bonds is 4. The van der Waals surface area contributed by atoms with Crippen molar-refractivity contribution in [2.24, 2.45) is 0 Å². The summed E-state index contributed by atoms with van der Waals surface area (Å²) in [7, 11) is 0. The SMILES string of the molecule is N#Cc1ccc(OCc2scc3c2CN(C2CCC(=O)NC2=O)C3=O)cc1. The lowest BCUT2D eigenvalue weighted by Gasteiger charge is -2.29. The second kappa shape index (κ2) is 6.85. The Bertz CT molecular complexity index is 974. The number of imide groups is 1. The number of benzene rings is 1. The van der Waals surface area contributed by atoms with Crippen molar-refractivity contribution in [1.82, 2.24) is 10.2 Å². The molecule has 1 atom stereocenters. The zero-order valence-corrected chi connectivity index (χ0v) is 15.0. The standard InChI is InChI=1S/C19H15N3O4S/c20-7-11-1-3-12(4-2-11)26-9-16-13-8-22(19(25)14(13)10-27-16)15-5-6-17(23)21-18(15)24/h1-4,10,15H,5-6,8-9H2,(H,21,23,24). The lowest BCUT2D eigenvalue weighted by atomic mass is 10.0. The van der Waals surface area contributed by atoms with Crippen molar-refractivity contribution in [2.75, 3.05) is 0 Å². The molecule has 0 aliphatic carbocycles. The van der Waals surface area contributed by atoms with E-state index < -0.39 is 11.9 Å². The first-order valence-electron chi connectivity index (χ1n) is 8.43. The number of amides is 3. The molecule has 1 saturated heterocycles. The molecule has 0 radical (unpaired) electrons. The van der Waals surface area contributed by atoms with Crippen LogP contribution in [0, 0.1) is 11.3 Å². The molecule has 1 fully saturated rings. The third kappa shape index (κ3) is 3.17. The number of thiophene rings is 1. The quantitative estimate of drug-likeness (QED) is 0.816. The Hall–Kier alpha value is -3.18. The summed E-state index contributed by atoms with van der Waals surface area (Å²) >= 11 is 1.45. The van der Waals surface area contributed by atoms with Gasteiger partial charge < -0.3 is 9.64 Å². The average molecular weight is 381 g/mol. The van der Waals surface area contributed by atoms with Gasteiger partial charge in [0, 0.05) is 28.8 Å². The molecule has 2 aliphatic rings. The van der Waals surface area contributed by atoms with E-state index in [2.05, 4.69) is 11.4 Å². The van der Waals surface area contributed by atoms with Gasteiger partial charge in [-0.3, -0.25) is 19.7 Å². The summed E-state index contributed by atoms with van der Waals surface area (Å²) in [4.78, 5) is 38.6. The van der Waals surface area contributed by atoms with Gasteiger partial charge in [-0.2, -0.15) is 5.26 Å². The summed E-state index contributed by atoms with van der Waals surface area (Å²) in [6, 6.07) is 8.27. The van der Waals surface area contributed by atoms with Crippen molar-refractivity contribution in [3.05, 3.63) is 51.2 Å². The minimum atomic E-state index is -0.611. The van der Waals surface area contributed by atoms with Crippen LogP contribution in [-0.4, -0.2) is 28.7 Å². The second-order valence-corrected chi connectivity index (χ2v) is 7.34. The second-order valence-electron chi connectivity index (χ2n) is 6.38. The number of hydrogen-bond acceptors (Lipinski definition) is 6. The summed E-state index contributed by atoms with van der Waals surface area (Å²) in [5, 5.41) is 12.9. The van der Waals surface area contributed by atoms with E-state index in [0.29, 0.717) is 36.4 Å². The Balaban J connectivity index is 1.47. The lowest BCUT2D eigenvalue weighted by molar-refractivity contribution is -0.136. The van der Waals surface area contributed by atoms with Crippen molar-refractivity contribution in [1.29, 1.82) is 5.26 Å². The largest absolute Gasteiger partial charge is 0.488 e. The van der Waals surface area contributed by atoms with Crippen molar-refractivity contribution >= 4 is 29.1 Å². The predicted molar refractivity (Wildman–Crippen MR) is 95.9 cm³/mol. The molecule has 1 N–H and O–H groups in total. The topological polar surface area (TPSA) is 99.5 Å². The van der Waals surface area contributed by atoms with Crippen molar-refractivity contribution < 1.29 is 19.1 Å². The Labute approximate surface area is 159 Å². The van der Waals surface area contributed by atoms with Crippen molar-refractivity contribution in [2.45, 2.75) is 32.0 Å². The van der Waals surface area contributed by atoms with Gasteiger partial charge in [0.1, 0.15) is 18.4 Å². The Morgan fingerprint density at radius 3 is 2.74 bits per heavy atom. The molecule has 4 rings (SSSR count). The molecule has 2 aliphatic heterocycles. The van der Waals surface area contributed by atoms with Gasteiger partial charge in [0.2, 0.25) is 11.8 Å². The van der Waals surface area contributed by atoms with Crippen LogP contribution in [0.25, 0.3) is 0 Å². The number of piperidine rings is 1. The van der Waals surface area contributed by atoms with Gasteiger partial charge in [0.25, 0.3) is 5.91 Å². The summed E-state index contributed by atoms with van der Waals surface area (Å²) in [5.74, 6) is -0.250. The Morgan fingerprint density at radius 1 is 1.26 bits per heavy atom. The first-order valence-corrected chi connectivity index (χ1v) is 9.31. The van der Waals surface area contributed by atoms with E-state index in [1.807, 2.05) is 0 Å². The average Bonchev–Trinajstić information content (AvgIpc) is 3.21. The molecule has 1 aromatic heterocycles. The van der Waals surface area contributed by atoms with Crippen LogP contribution in [0.3, 0.4) is 0 Å². The molecule has 7 nitrogen and oxygen atoms in total. The molecule has 2 aromatic rings. The normalized spacial score (nSPS) is 18.9. The van der Waals surface area contributed by atoms with E-state index in [9.17, 15) is 14.4 Å². The van der Waals surface area contributed by atoms with Gasteiger partial charge in [0.05, 0.1) is 17.2 Å². The molecule has 27 heavy (non-hydrogen) atoms. The summed E-state index contributed by atoms with van der Waals surface area (Å²) < 4.78 is 5.77. The fourth-order valence-corrected chi connectivity index (χ4v) is 4.25. The van der Waals surface area contributed by atoms with Gasteiger partial charge in [-0.1, -0.05) is 0 Å². The van der Waals surface area contributed by atoms with Gasteiger partial charge in [-0.15, -0.1) is 11.3 Å². The molecule has 0 bridgehead atoms. The smallest absolute Gasteiger partial charge is 0.256 e. The number of nitrogens with zero attached hydrogens (tertiary/aromatic N) is 2. The molecule has 1 aromatic carbocycles. The molecule has 8 heteroatoms. The number of carbonyl (C=O) groups excluding carboxylic acids is 3. The molecule has 1 unspecified atom stereocenters. The zero-order chi connectivity index (χ0) is 19.0. The number of nitriles is 1. The molecule has 136 valence electrons. The predicted octanol–water partition coefficient (Wildman–Crippen LogP) is 1.96. The van der Waals surface area contributed by atoms with Crippen LogP contribution in [-0.2, 0) is 22.7 Å². The molecule has 3 amide bonds. The van der Waals surface area contributed by atoms with E-state index in [4.69, 9.17) is 10.00 Å². The van der Waals surface area contributed by atoms with Crippen LogP contribution in [0.5, 0.6) is 5.75 Å². The van der Waals surface area contributed by atoms with Gasteiger partial charge in [-0.25, -0.2) is 0 Å². The Morgan fingerprint density at radius 2 is 2.04 bits per heavy atom. The fourth-order valence-electron chi connectivity index (χ4n) is 3.30. The van der Waals surface area contributed by atoms with E-state index in [1.54, 1.807) is 29.6 Å². The van der Waals surface area contributed by atoms with Crippen LogP contribution < -0.4 is 10.1 Å². The van der Waals surface area contributed by atoms with Crippen LogP contribution in [0.2, 0.25) is 0 Å². The van der Waals surface area contributed by atoms with E-state index >= 15 is 0 Å². The van der Waals surface area contributed by atoms with E-state index in [1.165, 1.54) is 16.2 Å². The lowest BCUT2D eigenvalue weighted by Crippen LogP contribution is -2.52. The maximum atomic E-state index is 12.7. The number of carbonyl (C=O) groups is 3. The van der Waals surface area contributed by atoms with Crippen LogP contribution >= 0.6 is 11.3 Å². The van der Waals surface area contributed by atoms with Crippen molar-refractivity contribution in [3.63, 3.8) is 0 Å². The summed E-state index contributed by atoms with van der Waals surface area (Å²) in [5.41, 5.74) is 2.04. The summed E-state index contributed by atoms with van der Waals surface area (Å²) in [6.45, 7) is 0.651. The molecule has 0 saturated carbocycles. The number of ether oxygens (including phenoxy) is 1. The molecule has 0 spiro atoms. The number of hydrogen-bond donors (Lipinski definition) is 1. The summed E-state index contributed by atoms with van der Waals surface area (Å²) in [6.07, 6.45) is 0.586. The fraction of sp³-hybridized carbons (Fsp3) is 0.263. The van der Waals surface area contributed by atoms with Crippen LogP contribution in [0.1, 0.15) is 39.2 Å². The third-order valence-corrected chi connectivity index (χ3v) is 5.74. The van der Waals surface area contributed by atoms with E-state index in [-0.39, 0.29) is 18.2 Å². The highest BCUT2D eigenvalue weighted by atomic mass is 32.1. The van der Waals surface area contributed by atoms with Crippen molar-refractivity contribution in [3.8, 4) is 11.8 Å². The number of nitrogens with one attached hydrogen (secondary N) is 1. The highest BCUT2D eigenvalue weighted by molar-refractivity contribution is 7.10. The minimum absolute atomic E-state index is 0.180. The van der Waals surface area contributed by atoms with Gasteiger partial charge in [0.15, 0.2) is 0 Å². The van der Waals surface area contributed by atoms with Gasteiger partial charge in [-0.05, 0) is 30.7 Å². The highest BCUT2D eigenvalue weighted by Crippen LogP contribution is 2.34. The minimum Gasteiger partial charge on any atom is -0.488 e. The maximum Gasteiger partial charge on any atom is 0.256 e. The van der Waals surface area contributed by atoms with Crippen LogP contribution in [0.15, 0.2) is 29.6 Å². The maximum absolute atomic E-state index is 12.7. The molecular formula is C19H15N3O4S. The highest BCUT2D eigenvalue weighted by Gasteiger charge is 2.40. The molecular weight excluding hydrogens is 366 g/mol. The number of fused-ring (bicyclic) bond motifs is 1.